The van der Waals surface area contributed by atoms with E-state index in [9.17, 15) is 0 Å². The van der Waals surface area contributed by atoms with E-state index < -0.39 is 0 Å². The summed E-state index contributed by atoms with van der Waals surface area (Å²) in [6.07, 6.45) is 1.55. The van der Waals surface area contributed by atoms with E-state index >= 15 is 0 Å². The van der Waals surface area contributed by atoms with Crippen molar-refractivity contribution in [1.29, 1.82) is 0 Å². The van der Waals surface area contributed by atoms with Gasteiger partial charge in [-0.15, -0.1) is 0 Å². The second-order valence-corrected chi connectivity index (χ2v) is 11.6. The zero-order valence-corrected chi connectivity index (χ0v) is 26.4. The number of hydrogen-bond acceptors (Lipinski definition) is 5. The van der Waals surface area contributed by atoms with Crippen LogP contribution in [-0.2, 0) is 12.8 Å². The molecule has 6 aromatic carbocycles. The maximum Gasteiger partial charge on any atom is 0.222 e. The molecule has 0 aliphatic heterocycles. The molecule has 48 heavy (non-hydrogen) atoms. The molecule has 0 radical (unpaired) electrons. The SMILES string of the molecule is c1ccc(Cc2cc(Nc3ccccc3)cc(Oc3cccc(Oc4cc(Cc5ccccc5)cc(Nc5ccccc5)c4)n3)c2)cc1. The smallest absolute Gasteiger partial charge is 0.222 e. The lowest BCUT2D eigenvalue weighted by Gasteiger charge is -2.14. The highest BCUT2D eigenvalue weighted by molar-refractivity contribution is 5.64. The van der Waals surface area contributed by atoms with Gasteiger partial charge in [-0.25, -0.2) is 0 Å². The Morgan fingerprint density at radius 3 is 1.17 bits per heavy atom. The fourth-order valence-corrected chi connectivity index (χ4v) is 5.58. The first kappa shape index (κ1) is 30.3. The Morgan fingerprint density at radius 1 is 0.354 bits per heavy atom. The van der Waals surface area contributed by atoms with Crippen LogP contribution in [0.2, 0.25) is 0 Å². The van der Waals surface area contributed by atoms with Gasteiger partial charge in [0.15, 0.2) is 0 Å². The highest BCUT2D eigenvalue weighted by Gasteiger charge is 2.10. The van der Waals surface area contributed by atoms with Crippen LogP contribution in [0.15, 0.2) is 176 Å². The number of ether oxygens (including phenoxy) is 2. The molecule has 7 aromatic rings. The van der Waals surface area contributed by atoms with Crippen molar-refractivity contribution in [3.8, 4) is 23.3 Å². The van der Waals surface area contributed by atoms with Crippen LogP contribution in [0.25, 0.3) is 0 Å². The average Bonchev–Trinajstić information content (AvgIpc) is 3.10. The van der Waals surface area contributed by atoms with Crippen molar-refractivity contribution in [3.63, 3.8) is 0 Å². The molecule has 2 N–H and O–H groups in total. The van der Waals surface area contributed by atoms with Gasteiger partial charge in [0.2, 0.25) is 11.8 Å². The van der Waals surface area contributed by atoms with Crippen LogP contribution in [-0.4, -0.2) is 4.98 Å². The Balaban J connectivity index is 1.14. The number of nitrogens with one attached hydrogen (secondary N) is 2. The molecule has 0 aliphatic rings. The molecule has 1 aromatic heterocycles. The highest BCUT2D eigenvalue weighted by Crippen LogP contribution is 2.32. The summed E-state index contributed by atoms with van der Waals surface area (Å²) in [5, 5.41) is 7.03. The first-order valence-electron chi connectivity index (χ1n) is 16.0. The third kappa shape index (κ3) is 8.47. The van der Waals surface area contributed by atoms with Gasteiger partial charge in [-0.05, 0) is 83.6 Å². The summed E-state index contributed by atoms with van der Waals surface area (Å²) in [7, 11) is 0. The summed E-state index contributed by atoms with van der Waals surface area (Å²) >= 11 is 0. The van der Waals surface area contributed by atoms with Gasteiger partial charge < -0.3 is 20.1 Å². The largest absolute Gasteiger partial charge is 0.439 e. The van der Waals surface area contributed by atoms with Crippen molar-refractivity contribution >= 4 is 22.7 Å². The van der Waals surface area contributed by atoms with E-state index in [0.717, 1.165) is 46.7 Å². The highest BCUT2D eigenvalue weighted by atomic mass is 16.5. The van der Waals surface area contributed by atoms with Gasteiger partial charge in [-0.1, -0.05) is 103 Å². The number of aromatic nitrogens is 1. The summed E-state index contributed by atoms with van der Waals surface area (Å²) in [5.41, 5.74) is 8.58. The lowest BCUT2D eigenvalue weighted by Crippen LogP contribution is -1.97. The lowest BCUT2D eigenvalue weighted by molar-refractivity contribution is 0.426. The Morgan fingerprint density at radius 2 is 0.750 bits per heavy atom. The van der Waals surface area contributed by atoms with Gasteiger partial charge in [-0.2, -0.15) is 4.98 Å². The number of rotatable bonds is 12. The van der Waals surface area contributed by atoms with Crippen molar-refractivity contribution in [2.24, 2.45) is 0 Å². The minimum absolute atomic E-state index is 0.443. The molecular formula is C43H35N3O2. The van der Waals surface area contributed by atoms with E-state index in [4.69, 9.17) is 14.5 Å². The van der Waals surface area contributed by atoms with Crippen LogP contribution in [0.3, 0.4) is 0 Å². The normalized spacial score (nSPS) is 10.7. The fourth-order valence-electron chi connectivity index (χ4n) is 5.58. The summed E-state index contributed by atoms with van der Waals surface area (Å²) in [4.78, 5) is 4.73. The maximum atomic E-state index is 6.38. The van der Waals surface area contributed by atoms with E-state index in [0.29, 0.717) is 23.3 Å². The molecule has 1 heterocycles. The molecule has 0 amide bonds. The number of nitrogens with zero attached hydrogens (tertiary/aromatic N) is 1. The Bertz CT molecular complexity index is 1800. The predicted octanol–water partition coefficient (Wildman–Crippen LogP) is 11.3. The molecule has 0 unspecified atom stereocenters. The minimum Gasteiger partial charge on any atom is -0.439 e. The summed E-state index contributed by atoms with van der Waals surface area (Å²) < 4.78 is 12.8. The number of hydrogen-bond donors (Lipinski definition) is 2. The maximum absolute atomic E-state index is 6.38. The zero-order valence-electron chi connectivity index (χ0n) is 26.4. The fraction of sp³-hybridized carbons (Fsp3) is 0.0465. The molecule has 0 aliphatic carbocycles. The summed E-state index contributed by atoms with van der Waals surface area (Å²) in [5.74, 6) is 2.26. The molecule has 0 atom stereocenters. The quantitative estimate of drug-likeness (QED) is 0.141. The van der Waals surface area contributed by atoms with Crippen molar-refractivity contribution in [2.75, 3.05) is 10.6 Å². The monoisotopic (exact) mass is 625 g/mol. The van der Waals surface area contributed by atoms with E-state index in [-0.39, 0.29) is 0 Å². The molecule has 5 nitrogen and oxygen atoms in total. The summed E-state index contributed by atoms with van der Waals surface area (Å²) in [6, 6.07) is 59.1. The Hall–Kier alpha value is -6.33. The van der Waals surface area contributed by atoms with Crippen LogP contribution in [0.4, 0.5) is 22.7 Å². The second kappa shape index (κ2) is 14.8. The van der Waals surface area contributed by atoms with Crippen molar-refractivity contribution in [3.05, 3.63) is 198 Å². The van der Waals surface area contributed by atoms with Gasteiger partial charge in [-0.3, -0.25) is 0 Å². The van der Waals surface area contributed by atoms with Crippen LogP contribution in [0.1, 0.15) is 22.3 Å². The first-order chi connectivity index (χ1) is 23.7. The average molecular weight is 626 g/mol. The third-order valence-corrected chi connectivity index (χ3v) is 7.70. The first-order valence-corrected chi connectivity index (χ1v) is 16.0. The van der Waals surface area contributed by atoms with Crippen molar-refractivity contribution in [2.45, 2.75) is 12.8 Å². The van der Waals surface area contributed by atoms with Crippen LogP contribution in [0, 0.1) is 0 Å². The van der Waals surface area contributed by atoms with E-state index in [2.05, 4.69) is 83.4 Å². The number of benzene rings is 6. The van der Waals surface area contributed by atoms with E-state index in [1.54, 1.807) is 0 Å². The Labute approximate surface area is 281 Å². The number of para-hydroxylation sites is 2. The number of anilines is 4. The van der Waals surface area contributed by atoms with E-state index in [1.807, 2.05) is 103 Å². The van der Waals surface area contributed by atoms with Crippen LogP contribution in [0.5, 0.6) is 23.3 Å². The predicted molar refractivity (Wildman–Crippen MR) is 195 cm³/mol. The van der Waals surface area contributed by atoms with Crippen LogP contribution < -0.4 is 20.1 Å². The Kier molecular flexibility index (Phi) is 9.38. The van der Waals surface area contributed by atoms with E-state index in [1.165, 1.54) is 11.1 Å². The second-order valence-electron chi connectivity index (χ2n) is 11.6. The van der Waals surface area contributed by atoms with Gasteiger partial charge in [0.25, 0.3) is 0 Å². The molecule has 7 rings (SSSR count). The van der Waals surface area contributed by atoms with Crippen LogP contribution >= 0.6 is 0 Å². The van der Waals surface area contributed by atoms with Gasteiger partial charge >= 0.3 is 0 Å². The molecule has 0 saturated heterocycles. The molecular weight excluding hydrogens is 590 g/mol. The minimum atomic E-state index is 0.443. The molecule has 0 bridgehead atoms. The summed E-state index contributed by atoms with van der Waals surface area (Å²) in [6.45, 7) is 0. The molecule has 0 saturated carbocycles. The van der Waals surface area contributed by atoms with Crippen molar-refractivity contribution < 1.29 is 9.47 Å². The van der Waals surface area contributed by atoms with Gasteiger partial charge in [0, 0.05) is 47.0 Å². The number of pyridine rings is 1. The zero-order chi connectivity index (χ0) is 32.4. The topological polar surface area (TPSA) is 55.4 Å². The molecule has 234 valence electrons. The molecule has 0 spiro atoms. The lowest BCUT2D eigenvalue weighted by atomic mass is 10.0. The third-order valence-electron chi connectivity index (χ3n) is 7.70. The van der Waals surface area contributed by atoms with Crippen molar-refractivity contribution in [1.82, 2.24) is 4.98 Å². The van der Waals surface area contributed by atoms with Gasteiger partial charge in [0.05, 0.1) is 0 Å². The molecule has 0 fully saturated rings. The molecule has 5 heteroatoms. The standard InChI is InChI=1S/C43H35N3O2/c1-5-14-32(15-6-1)24-34-26-38(44-36-18-9-3-10-19-36)30-40(28-34)47-42-22-13-23-43(46-42)48-41-29-35(25-33-16-7-2-8-17-33)27-39(31-41)45-37-20-11-4-12-21-37/h1-23,26-31,44-45H,24-25H2. The van der Waals surface area contributed by atoms with Gasteiger partial charge in [0.1, 0.15) is 11.5 Å².